The first kappa shape index (κ1) is 36.8. The van der Waals surface area contributed by atoms with E-state index < -0.39 is 5.41 Å². The van der Waals surface area contributed by atoms with E-state index in [2.05, 4.69) is 242 Å². The Labute approximate surface area is 383 Å². The highest BCUT2D eigenvalue weighted by molar-refractivity contribution is 7.99. The third-order valence-electron chi connectivity index (χ3n) is 14.8. The van der Waals surface area contributed by atoms with Crippen LogP contribution in [-0.4, -0.2) is 4.57 Å². The molecule has 0 atom stereocenters. The summed E-state index contributed by atoms with van der Waals surface area (Å²) in [5, 5.41) is 4.98. The minimum Gasteiger partial charge on any atom is -0.310 e. The van der Waals surface area contributed by atoms with Crippen LogP contribution in [0, 0.1) is 0 Å². The number of hydrogen-bond donors (Lipinski definition) is 0. The maximum absolute atomic E-state index is 2.58. The van der Waals surface area contributed by atoms with Crippen LogP contribution in [0.5, 0.6) is 0 Å². The Hall–Kier alpha value is -7.59. The molecule has 0 saturated carbocycles. The van der Waals surface area contributed by atoms with Gasteiger partial charge in [0.25, 0.3) is 0 Å². The Kier molecular flexibility index (Phi) is 7.63. The van der Waals surface area contributed by atoms with Crippen molar-refractivity contribution >= 4 is 61.4 Å². The smallest absolute Gasteiger partial charge is 0.0736 e. The van der Waals surface area contributed by atoms with Crippen LogP contribution < -0.4 is 4.90 Å². The second kappa shape index (κ2) is 13.5. The third kappa shape index (κ3) is 4.91. The summed E-state index contributed by atoms with van der Waals surface area (Å²) in [5.41, 5.74) is 19.6. The molecule has 0 amide bonds. The van der Waals surface area contributed by atoms with Gasteiger partial charge < -0.3 is 9.47 Å². The van der Waals surface area contributed by atoms with Gasteiger partial charge in [0.2, 0.25) is 0 Å². The molecule has 1 aliphatic heterocycles. The van der Waals surface area contributed by atoms with E-state index in [-0.39, 0.29) is 5.41 Å². The lowest BCUT2D eigenvalue weighted by Gasteiger charge is -2.40. The third-order valence-corrected chi connectivity index (χ3v) is 16.0. The Morgan fingerprint density at radius 3 is 1.82 bits per heavy atom. The molecule has 10 aromatic carbocycles. The molecule has 0 saturated heterocycles. The maximum Gasteiger partial charge on any atom is 0.0736 e. The topological polar surface area (TPSA) is 8.17 Å². The molecule has 65 heavy (non-hydrogen) atoms. The molecule has 1 spiro atoms. The van der Waals surface area contributed by atoms with E-state index in [1.807, 2.05) is 11.8 Å². The molecule has 11 aromatic rings. The van der Waals surface area contributed by atoms with Gasteiger partial charge in [-0.2, -0.15) is 0 Å². The van der Waals surface area contributed by atoms with Crippen LogP contribution in [0.2, 0.25) is 0 Å². The van der Waals surface area contributed by atoms with E-state index in [9.17, 15) is 0 Å². The fourth-order valence-corrected chi connectivity index (χ4v) is 13.3. The molecule has 0 radical (unpaired) electrons. The molecule has 3 aliphatic rings. The highest BCUT2D eigenvalue weighted by Crippen LogP contribution is 2.65. The number of hydrogen-bond acceptors (Lipinski definition) is 2. The summed E-state index contributed by atoms with van der Waals surface area (Å²) in [6, 6.07) is 82.1. The monoisotopic (exact) mass is 846 g/mol. The molecule has 2 heterocycles. The van der Waals surface area contributed by atoms with E-state index in [1.165, 1.54) is 104 Å². The zero-order valence-electron chi connectivity index (χ0n) is 36.1. The molecule has 0 fully saturated rings. The van der Waals surface area contributed by atoms with Crippen LogP contribution in [0.25, 0.3) is 60.5 Å². The second-order valence-corrected chi connectivity index (χ2v) is 19.5. The van der Waals surface area contributed by atoms with Gasteiger partial charge in [-0.15, -0.1) is 0 Å². The van der Waals surface area contributed by atoms with Gasteiger partial charge in [-0.05, 0) is 128 Å². The number of rotatable bonds is 4. The molecular weight excluding hydrogens is 805 g/mol. The summed E-state index contributed by atoms with van der Waals surface area (Å²) >= 11 is 1.90. The molecule has 0 N–H and O–H groups in total. The summed E-state index contributed by atoms with van der Waals surface area (Å²) in [7, 11) is 0. The summed E-state index contributed by atoms with van der Waals surface area (Å²) in [6.07, 6.45) is 0. The lowest BCUT2D eigenvalue weighted by molar-refractivity contribution is 0.660. The summed E-state index contributed by atoms with van der Waals surface area (Å²) < 4.78 is 2.41. The largest absolute Gasteiger partial charge is 0.310 e. The van der Waals surface area contributed by atoms with Crippen LogP contribution in [0.15, 0.2) is 228 Å². The van der Waals surface area contributed by atoms with E-state index in [0.717, 1.165) is 17.1 Å². The number of aromatic nitrogens is 1. The standard InChI is InChI=1S/C62H42N2S/c1-61(2)48-23-10-8-21-44(48)45-34-32-42(38-53(45)61)63(41-33-36-55-47(37-41)46-22-9-13-27-54(46)64(55)40-18-4-3-5-19-40)56-28-16-26-51-60(56)59-43-20-7-6-17-39(43)31-35-52(59)62(51)49-24-11-14-29-57(49)65-58-30-15-12-25-50(58)62/h3-38H,1-2H3. The predicted molar refractivity (Wildman–Crippen MR) is 272 cm³/mol. The number of benzene rings is 10. The van der Waals surface area contributed by atoms with Crippen molar-refractivity contribution in [3.63, 3.8) is 0 Å². The summed E-state index contributed by atoms with van der Waals surface area (Å²) in [4.78, 5) is 5.19. The van der Waals surface area contributed by atoms with Gasteiger partial charge in [0.05, 0.1) is 22.1 Å². The number of para-hydroxylation sites is 2. The fourth-order valence-electron chi connectivity index (χ4n) is 12.1. The van der Waals surface area contributed by atoms with E-state index >= 15 is 0 Å². The van der Waals surface area contributed by atoms with Gasteiger partial charge in [0, 0.05) is 48.6 Å². The normalized spacial score (nSPS) is 14.5. The van der Waals surface area contributed by atoms with Crippen LogP contribution in [0.1, 0.15) is 47.2 Å². The molecule has 2 nitrogen and oxygen atoms in total. The fraction of sp³-hybridized carbons (Fsp3) is 0.0645. The van der Waals surface area contributed by atoms with E-state index in [0.29, 0.717) is 0 Å². The lowest BCUT2D eigenvalue weighted by Crippen LogP contribution is -2.32. The SMILES string of the molecule is CC1(C)c2ccccc2-c2ccc(N(c3ccc4c(c3)c3ccccc3n4-c3ccccc3)c3cccc4c3-c3c(ccc5ccccc35)C43c4ccccc4Sc4ccccc43)cc21. The molecule has 3 heteroatoms. The molecule has 14 rings (SSSR count). The van der Waals surface area contributed by atoms with Gasteiger partial charge in [0.15, 0.2) is 0 Å². The van der Waals surface area contributed by atoms with Crippen LogP contribution in [0.3, 0.4) is 0 Å². The second-order valence-electron chi connectivity index (χ2n) is 18.4. The van der Waals surface area contributed by atoms with Gasteiger partial charge in [-0.1, -0.05) is 177 Å². The summed E-state index contributed by atoms with van der Waals surface area (Å²) in [5.74, 6) is 0. The minimum absolute atomic E-state index is 0.167. The van der Waals surface area contributed by atoms with E-state index in [4.69, 9.17) is 0 Å². The Balaban J connectivity index is 1.11. The first-order valence-electron chi connectivity index (χ1n) is 22.7. The predicted octanol–water partition coefficient (Wildman–Crippen LogP) is 16.5. The first-order chi connectivity index (χ1) is 32.0. The molecule has 0 unspecified atom stereocenters. The van der Waals surface area contributed by atoms with Crippen molar-refractivity contribution in [1.29, 1.82) is 0 Å². The minimum atomic E-state index is -0.524. The van der Waals surface area contributed by atoms with Gasteiger partial charge in [-0.3, -0.25) is 0 Å². The number of anilines is 3. The number of nitrogens with zero attached hydrogens (tertiary/aromatic N) is 2. The average Bonchev–Trinajstić information content (AvgIpc) is 3.93. The molecule has 1 aromatic heterocycles. The van der Waals surface area contributed by atoms with Crippen molar-refractivity contribution < 1.29 is 0 Å². The lowest BCUT2D eigenvalue weighted by atomic mass is 9.67. The van der Waals surface area contributed by atoms with Crippen molar-refractivity contribution in [2.24, 2.45) is 0 Å². The highest BCUT2D eigenvalue weighted by atomic mass is 32.2. The van der Waals surface area contributed by atoms with Gasteiger partial charge >= 0.3 is 0 Å². The van der Waals surface area contributed by atoms with Gasteiger partial charge in [-0.25, -0.2) is 0 Å². The van der Waals surface area contributed by atoms with Crippen LogP contribution in [0.4, 0.5) is 17.1 Å². The Morgan fingerprint density at radius 2 is 1.00 bits per heavy atom. The zero-order valence-corrected chi connectivity index (χ0v) is 36.9. The Bertz CT molecular complexity index is 3750. The number of fused-ring (bicyclic) bond motifs is 17. The van der Waals surface area contributed by atoms with Crippen molar-refractivity contribution in [3.8, 4) is 27.9 Å². The average molecular weight is 847 g/mol. The quantitative estimate of drug-likeness (QED) is 0.174. The zero-order chi connectivity index (χ0) is 43.0. The molecular formula is C62H42N2S. The van der Waals surface area contributed by atoms with Crippen molar-refractivity contribution in [2.75, 3.05) is 4.90 Å². The molecule has 2 aliphatic carbocycles. The van der Waals surface area contributed by atoms with Crippen molar-refractivity contribution in [2.45, 2.75) is 34.5 Å². The molecule has 306 valence electrons. The van der Waals surface area contributed by atoms with Crippen LogP contribution >= 0.6 is 11.8 Å². The maximum atomic E-state index is 2.58. The van der Waals surface area contributed by atoms with Gasteiger partial charge in [0.1, 0.15) is 0 Å². The van der Waals surface area contributed by atoms with Crippen molar-refractivity contribution in [1.82, 2.24) is 4.57 Å². The summed E-state index contributed by atoms with van der Waals surface area (Å²) in [6.45, 7) is 4.78. The first-order valence-corrected chi connectivity index (χ1v) is 23.5. The highest BCUT2D eigenvalue weighted by Gasteiger charge is 2.51. The van der Waals surface area contributed by atoms with E-state index in [1.54, 1.807) is 0 Å². The molecule has 0 bridgehead atoms. The Morgan fingerprint density at radius 1 is 0.400 bits per heavy atom. The van der Waals surface area contributed by atoms with Crippen LogP contribution in [-0.2, 0) is 10.8 Å². The van der Waals surface area contributed by atoms with Crippen molar-refractivity contribution in [3.05, 3.63) is 252 Å².